The van der Waals surface area contributed by atoms with E-state index in [4.69, 9.17) is 0 Å². The molecule has 84 valence electrons. The summed E-state index contributed by atoms with van der Waals surface area (Å²) in [5.41, 5.74) is 2.71. The normalized spacial score (nSPS) is 16.1. The van der Waals surface area contributed by atoms with Gasteiger partial charge in [-0.25, -0.2) is 0 Å². The van der Waals surface area contributed by atoms with E-state index in [1.54, 1.807) is 6.92 Å². The highest BCUT2D eigenvalue weighted by molar-refractivity contribution is 5.73. The van der Waals surface area contributed by atoms with Crippen molar-refractivity contribution in [1.29, 1.82) is 0 Å². The van der Waals surface area contributed by atoms with Gasteiger partial charge in [-0.2, -0.15) is 0 Å². The van der Waals surface area contributed by atoms with E-state index in [0.717, 1.165) is 25.9 Å². The second-order valence-electron chi connectivity index (χ2n) is 4.22. The molecule has 2 heteroatoms. The molecule has 0 N–H and O–H groups in total. The number of hydrogen-bond acceptors (Lipinski definition) is 1. The molecule has 1 heterocycles. The van der Waals surface area contributed by atoms with E-state index in [1.165, 1.54) is 11.1 Å². The predicted octanol–water partition coefficient (Wildman–Crippen LogP) is 2.71. The third kappa shape index (κ3) is 2.72. The highest BCUT2D eigenvalue weighted by Crippen LogP contribution is 2.19. The largest absolute Gasteiger partial charge is 0.342 e. The molecule has 1 saturated heterocycles. The third-order valence-electron chi connectivity index (χ3n) is 3.02. The first-order chi connectivity index (χ1) is 7.75. The van der Waals surface area contributed by atoms with Crippen LogP contribution in [0.25, 0.3) is 6.08 Å². The first-order valence-corrected chi connectivity index (χ1v) is 5.76. The Hall–Kier alpha value is -1.57. The number of carbonyl (C=O) groups is 1. The molecule has 0 radical (unpaired) electrons. The molecule has 1 aromatic rings. The minimum atomic E-state index is 0.193. The molecule has 0 aromatic heterocycles. The number of piperidine rings is 1. The molecule has 1 aliphatic heterocycles. The van der Waals surface area contributed by atoms with Crippen molar-refractivity contribution in [1.82, 2.24) is 4.90 Å². The van der Waals surface area contributed by atoms with Crippen LogP contribution in [0.1, 0.15) is 25.3 Å². The zero-order valence-corrected chi connectivity index (χ0v) is 9.65. The maximum Gasteiger partial charge on any atom is 0.219 e. The molecule has 0 bridgehead atoms. The van der Waals surface area contributed by atoms with Crippen molar-refractivity contribution >= 4 is 12.0 Å². The van der Waals surface area contributed by atoms with Crippen LogP contribution in [0, 0.1) is 0 Å². The Kier molecular flexibility index (Phi) is 3.40. The smallest absolute Gasteiger partial charge is 0.219 e. The van der Waals surface area contributed by atoms with Gasteiger partial charge >= 0.3 is 0 Å². The van der Waals surface area contributed by atoms with Crippen molar-refractivity contribution in [3.05, 3.63) is 41.5 Å². The third-order valence-corrected chi connectivity index (χ3v) is 3.02. The second kappa shape index (κ2) is 4.97. The molecule has 0 aliphatic carbocycles. The minimum Gasteiger partial charge on any atom is -0.342 e. The average Bonchev–Trinajstić information content (AvgIpc) is 2.31. The van der Waals surface area contributed by atoms with Gasteiger partial charge in [0.2, 0.25) is 5.91 Å². The Balaban J connectivity index is 1.99. The van der Waals surface area contributed by atoms with Crippen molar-refractivity contribution in [2.24, 2.45) is 0 Å². The number of rotatable bonds is 1. The molecule has 1 aliphatic rings. The summed E-state index contributed by atoms with van der Waals surface area (Å²) < 4.78 is 0. The maximum atomic E-state index is 11.2. The SMILES string of the molecule is CC(=O)N1CCC(=Cc2ccccc2)CC1. The van der Waals surface area contributed by atoms with Crippen molar-refractivity contribution in [2.45, 2.75) is 19.8 Å². The molecule has 0 atom stereocenters. The quantitative estimate of drug-likeness (QED) is 0.705. The Labute approximate surface area is 96.6 Å². The van der Waals surface area contributed by atoms with Crippen molar-refractivity contribution in [2.75, 3.05) is 13.1 Å². The van der Waals surface area contributed by atoms with E-state index < -0.39 is 0 Å². The number of likely N-dealkylation sites (tertiary alicyclic amines) is 1. The zero-order valence-electron chi connectivity index (χ0n) is 9.65. The molecule has 1 aromatic carbocycles. The van der Waals surface area contributed by atoms with Crippen LogP contribution >= 0.6 is 0 Å². The molecule has 0 spiro atoms. The average molecular weight is 215 g/mol. The van der Waals surface area contributed by atoms with Gasteiger partial charge in [0.1, 0.15) is 0 Å². The molecule has 16 heavy (non-hydrogen) atoms. The van der Waals surface area contributed by atoms with E-state index >= 15 is 0 Å². The lowest BCUT2D eigenvalue weighted by Gasteiger charge is -2.27. The number of nitrogens with zero attached hydrogens (tertiary/aromatic N) is 1. The van der Waals surface area contributed by atoms with Gasteiger partial charge in [0.25, 0.3) is 0 Å². The fraction of sp³-hybridized carbons (Fsp3) is 0.357. The Morgan fingerprint density at radius 1 is 1.19 bits per heavy atom. The summed E-state index contributed by atoms with van der Waals surface area (Å²) in [5.74, 6) is 0.193. The van der Waals surface area contributed by atoms with Gasteiger partial charge in [0.05, 0.1) is 0 Å². The highest BCUT2D eigenvalue weighted by Gasteiger charge is 2.15. The van der Waals surface area contributed by atoms with Crippen LogP contribution in [0.15, 0.2) is 35.9 Å². The summed E-state index contributed by atoms with van der Waals surface area (Å²) in [4.78, 5) is 13.1. The van der Waals surface area contributed by atoms with Gasteiger partial charge in [0.15, 0.2) is 0 Å². The Morgan fingerprint density at radius 3 is 2.38 bits per heavy atom. The van der Waals surface area contributed by atoms with E-state index in [2.05, 4.69) is 30.3 Å². The van der Waals surface area contributed by atoms with E-state index in [-0.39, 0.29) is 5.91 Å². The summed E-state index contributed by atoms with van der Waals surface area (Å²) in [7, 11) is 0. The summed E-state index contributed by atoms with van der Waals surface area (Å²) in [6.07, 6.45) is 4.26. The lowest BCUT2D eigenvalue weighted by Crippen LogP contribution is -2.34. The van der Waals surface area contributed by atoms with Gasteiger partial charge in [-0.15, -0.1) is 0 Å². The summed E-state index contributed by atoms with van der Waals surface area (Å²) in [6, 6.07) is 10.4. The van der Waals surface area contributed by atoms with Gasteiger partial charge in [-0.1, -0.05) is 42.0 Å². The fourth-order valence-corrected chi connectivity index (χ4v) is 2.04. The predicted molar refractivity (Wildman–Crippen MR) is 65.9 cm³/mol. The standard InChI is InChI=1S/C14H17NO/c1-12(16)15-9-7-14(8-10-15)11-13-5-3-2-4-6-13/h2-6,11H,7-10H2,1H3. The molecule has 1 fully saturated rings. The van der Waals surface area contributed by atoms with Crippen LogP contribution in [-0.2, 0) is 4.79 Å². The van der Waals surface area contributed by atoms with Crippen LogP contribution in [-0.4, -0.2) is 23.9 Å². The summed E-state index contributed by atoms with van der Waals surface area (Å²) in [6.45, 7) is 3.38. The van der Waals surface area contributed by atoms with Crippen LogP contribution < -0.4 is 0 Å². The Morgan fingerprint density at radius 2 is 1.81 bits per heavy atom. The van der Waals surface area contributed by atoms with Crippen LogP contribution in [0.5, 0.6) is 0 Å². The Bertz CT molecular complexity index is 384. The van der Waals surface area contributed by atoms with Crippen LogP contribution in [0.2, 0.25) is 0 Å². The van der Waals surface area contributed by atoms with Crippen LogP contribution in [0.4, 0.5) is 0 Å². The molecular formula is C14H17NO. The van der Waals surface area contributed by atoms with Gasteiger partial charge in [-0.05, 0) is 18.4 Å². The van der Waals surface area contributed by atoms with Gasteiger partial charge in [0, 0.05) is 20.0 Å². The minimum absolute atomic E-state index is 0.193. The lowest BCUT2D eigenvalue weighted by molar-refractivity contribution is -0.129. The number of benzene rings is 1. The van der Waals surface area contributed by atoms with E-state index in [9.17, 15) is 4.79 Å². The zero-order chi connectivity index (χ0) is 11.4. The van der Waals surface area contributed by atoms with Crippen molar-refractivity contribution in [3.63, 3.8) is 0 Å². The monoisotopic (exact) mass is 215 g/mol. The number of carbonyl (C=O) groups excluding carboxylic acids is 1. The fourth-order valence-electron chi connectivity index (χ4n) is 2.04. The first kappa shape index (κ1) is 10.9. The van der Waals surface area contributed by atoms with E-state index in [1.807, 2.05) is 11.0 Å². The van der Waals surface area contributed by atoms with Crippen molar-refractivity contribution < 1.29 is 4.79 Å². The van der Waals surface area contributed by atoms with E-state index in [0.29, 0.717) is 0 Å². The topological polar surface area (TPSA) is 20.3 Å². The first-order valence-electron chi connectivity index (χ1n) is 5.76. The molecule has 0 unspecified atom stereocenters. The van der Waals surface area contributed by atoms with Crippen molar-refractivity contribution in [3.8, 4) is 0 Å². The highest BCUT2D eigenvalue weighted by atomic mass is 16.2. The molecular weight excluding hydrogens is 198 g/mol. The van der Waals surface area contributed by atoms with Gasteiger partial charge in [-0.3, -0.25) is 4.79 Å². The molecule has 0 saturated carbocycles. The summed E-state index contributed by atoms with van der Waals surface area (Å²) >= 11 is 0. The number of amides is 1. The molecule has 2 nitrogen and oxygen atoms in total. The van der Waals surface area contributed by atoms with Crippen LogP contribution in [0.3, 0.4) is 0 Å². The molecule has 2 rings (SSSR count). The molecule has 1 amide bonds. The lowest BCUT2D eigenvalue weighted by atomic mass is 10.0. The summed E-state index contributed by atoms with van der Waals surface area (Å²) in [5, 5.41) is 0. The van der Waals surface area contributed by atoms with Gasteiger partial charge < -0.3 is 4.90 Å². The maximum absolute atomic E-state index is 11.2. The number of hydrogen-bond donors (Lipinski definition) is 0. The second-order valence-corrected chi connectivity index (χ2v) is 4.22.